The Morgan fingerprint density at radius 2 is 1.94 bits per heavy atom. The average molecular weight is 216 g/mol. The topological polar surface area (TPSA) is 73.0 Å². The summed E-state index contributed by atoms with van der Waals surface area (Å²) in [4.78, 5) is 24.9. The van der Waals surface area contributed by atoms with Crippen molar-refractivity contribution in [2.45, 2.75) is 13.8 Å². The second kappa shape index (κ2) is 3.48. The number of aromatic amines is 1. The van der Waals surface area contributed by atoms with Crippen molar-refractivity contribution >= 4 is 16.9 Å². The number of rotatable bonds is 1. The summed E-state index contributed by atoms with van der Waals surface area (Å²) in [7, 11) is 0. The number of H-pyrrole nitrogens is 1. The van der Waals surface area contributed by atoms with E-state index in [1.807, 2.05) is 19.9 Å². The van der Waals surface area contributed by atoms with Crippen molar-refractivity contribution in [1.29, 1.82) is 0 Å². The normalized spacial score (nSPS) is 10.6. The van der Waals surface area contributed by atoms with Crippen LogP contribution in [0.3, 0.4) is 0 Å². The molecule has 0 spiro atoms. The summed E-state index contributed by atoms with van der Waals surface area (Å²) in [5, 5.41) is 11.4. The van der Waals surface area contributed by atoms with E-state index >= 15 is 0 Å². The molecular weight excluding hydrogens is 206 g/mol. The Hall–Kier alpha value is -2.10. The van der Waals surface area contributed by atoms with Crippen molar-refractivity contribution in [1.82, 2.24) is 4.98 Å². The lowest BCUT2D eigenvalue weighted by Crippen LogP contribution is -2.24. The molecule has 0 saturated heterocycles. The summed E-state index contributed by atoms with van der Waals surface area (Å²) in [6, 6.07) is 4.66. The SMILES string of the molecule is Cc1cc(C)c2[nH]c(=O)cc(C(=O)[O-])c2c1. The predicted molar refractivity (Wildman–Crippen MR) is 58.4 cm³/mol. The van der Waals surface area contributed by atoms with Gasteiger partial charge < -0.3 is 14.9 Å². The van der Waals surface area contributed by atoms with Crippen molar-refractivity contribution in [2.24, 2.45) is 0 Å². The zero-order valence-corrected chi connectivity index (χ0v) is 8.96. The maximum absolute atomic E-state index is 11.3. The van der Waals surface area contributed by atoms with Crippen molar-refractivity contribution in [3.8, 4) is 0 Å². The van der Waals surface area contributed by atoms with Gasteiger partial charge in [0, 0.05) is 17.0 Å². The van der Waals surface area contributed by atoms with Crippen LogP contribution in [0.4, 0.5) is 0 Å². The molecule has 0 saturated carbocycles. The number of pyridine rings is 1. The van der Waals surface area contributed by atoms with Crippen LogP contribution in [0.25, 0.3) is 10.9 Å². The van der Waals surface area contributed by atoms with Gasteiger partial charge in [-0.2, -0.15) is 0 Å². The fourth-order valence-electron chi connectivity index (χ4n) is 1.88. The van der Waals surface area contributed by atoms with E-state index in [-0.39, 0.29) is 5.56 Å². The average Bonchev–Trinajstić information content (AvgIpc) is 2.18. The molecule has 0 aliphatic heterocycles. The minimum Gasteiger partial charge on any atom is -0.545 e. The van der Waals surface area contributed by atoms with Crippen molar-refractivity contribution in [3.05, 3.63) is 45.2 Å². The molecule has 0 radical (unpaired) electrons. The van der Waals surface area contributed by atoms with Gasteiger partial charge in [-0.1, -0.05) is 11.6 Å². The van der Waals surface area contributed by atoms with Crippen molar-refractivity contribution in [3.63, 3.8) is 0 Å². The number of nitrogens with one attached hydrogen (secondary N) is 1. The highest BCUT2D eigenvalue weighted by atomic mass is 16.4. The van der Waals surface area contributed by atoms with Crippen molar-refractivity contribution < 1.29 is 9.90 Å². The lowest BCUT2D eigenvalue weighted by molar-refractivity contribution is -0.254. The van der Waals surface area contributed by atoms with Crippen LogP contribution in [0.15, 0.2) is 23.0 Å². The van der Waals surface area contributed by atoms with Crippen LogP contribution in [0.1, 0.15) is 21.5 Å². The first kappa shape index (κ1) is 10.4. The number of carboxylic acids is 1. The molecule has 1 aromatic carbocycles. The molecule has 16 heavy (non-hydrogen) atoms. The summed E-state index contributed by atoms with van der Waals surface area (Å²) < 4.78 is 0. The van der Waals surface area contributed by atoms with Gasteiger partial charge in [0.05, 0.1) is 11.5 Å². The van der Waals surface area contributed by atoms with Gasteiger partial charge in [-0.25, -0.2) is 0 Å². The molecule has 0 bridgehead atoms. The second-order valence-corrected chi connectivity index (χ2v) is 3.84. The molecular formula is C12H10NO3-. The number of carbonyl (C=O) groups excluding carboxylic acids is 1. The Balaban J connectivity index is 3.01. The fourth-order valence-corrected chi connectivity index (χ4v) is 1.88. The molecule has 4 nitrogen and oxygen atoms in total. The van der Waals surface area contributed by atoms with Gasteiger partial charge in [0.1, 0.15) is 0 Å². The number of hydrogen-bond donors (Lipinski definition) is 1. The lowest BCUT2D eigenvalue weighted by atomic mass is 10.0. The van der Waals surface area contributed by atoms with E-state index in [9.17, 15) is 14.7 Å². The van der Waals surface area contributed by atoms with E-state index in [2.05, 4.69) is 4.98 Å². The van der Waals surface area contributed by atoms with Crippen LogP contribution in [0, 0.1) is 13.8 Å². The highest BCUT2D eigenvalue weighted by Gasteiger charge is 2.06. The van der Waals surface area contributed by atoms with E-state index in [1.54, 1.807) is 6.07 Å². The molecule has 1 heterocycles. The Morgan fingerprint density at radius 1 is 1.25 bits per heavy atom. The highest BCUT2D eigenvalue weighted by Crippen LogP contribution is 2.20. The molecule has 1 N–H and O–H groups in total. The van der Waals surface area contributed by atoms with Crippen LogP contribution in [0.5, 0.6) is 0 Å². The number of fused-ring (bicyclic) bond motifs is 1. The second-order valence-electron chi connectivity index (χ2n) is 3.84. The first-order valence-electron chi connectivity index (χ1n) is 4.84. The zero-order valence-electron chi connectivity index (χ0n) is 8.96. The summed E-state index contributed by atoms with van der Waals surface area (Å²) in [6.45, 7) is 3.70. The van der Waals surface area contributed by atoms with E-state index < -0.39 is 11.5 Å². The van der Waals surface area contributed by atoms with E-state index in [4.69, 9.17) is 0 Å². The number of benzene rings is 1. The molecule has 2 rings (SSSR count). The monoisotopic (exact) mass is 216 g/mol. The van der Waals surface area contributed by atoms with Crippen LogP contribution in [0.2, 0.25) is 0 Å². The van der Waals surface area contributed by atoms with Gasteiger partial charge in [0.15, 0.2) is 0 Å². The molecule has 0 aliphatic carbocycles. The largest absolute Gasteiger partial charge is 0.545 e. The maximum Gasteiger partial charge on any atom is 0.249 e. The third-order valence-corrected chi connectivity index (χ3v) is 2.51. The molecule has 2 aromatic rings. The van der Waals surface area contributed by atoms with Gasteiger partial charge in [0.2, 0.25) is 5.56 Å². The third kappa shape index (κ3) is 1.58. The standard InChI is InChI=1S/C12H11NO3/c1-6-3-7(2)11-8(4-6)9(12(15)16)5-10(14)13-11/h3-5H,1-2H3,(H,13,14)(H,15,16)/p-1. The lowest BCUT2D eigenvalue weighted by Gasteiger charge is -2.09. The Morgan fingerprint density at radius 3 is 2.56 bits per heavy atom. The molecule has 82 valence electrons. The maximum atomic E-state index is 11.3. The molecule has 0 amide bonds. The van der Waals surface area contributed by atoms with Crippen LogP contribution < -0.4 is 10.7 Å². The number of aromatic carboxylic acids is 1. The molecule has 4 heteroatoms. The number of aromatic nitrogens is 1. The van der Waals surface area contributed by atoms with Gasteiger partial charge in [-0.05, 0) is 25.5 Å². The fraction of sp³-hybridized carbons (Fsp3) is 0.167. The summed E-state index contributed by atoms with van der Waals surface area (Å²) in [5.41, 5.74) is 1.84. The van der Waals surface area contributed by atoms with Crippen molar-refractivity contribution in [2.75, 3.05) is 0 Å². The third-order valence-electron chi connectivity index (χ3n) is 2.51. The van der Waals surface area contributed by atoms with Gasteiger partial charge in [-0.3, -0.25) is 4.79 Å². The van der Waals surface area contributed by atoms with Crippen LogP contribution in [-0.4, -0.2) is 11.0 Å². The van der Waals surface area contributed by atoms with E-state index in [0.717, 1.165) is 17.2 Å². The minimum atomic E-state index is -1.33. The number of carboxylic acid groups (broad SMARTS) is 1. The smallest absolute Gasteiger partial charge is 0.249 e. The molecule has 0 aliphatic rings. The first-order valence-corrected chi connectivity index (χ1v) is 4.84. The van der Waals surface area contributed by atoms with Crippen LogP contribution in [-0.2, 0) is 0 Å². The van der Waals surface area contributed by atoms with E-state index in [1.165, 1.54) is 0 Å². The van der Waals surface area contributed by atoms with E-state index in [0.29, 0.717) is 10.9 Å². The molecule has 0 unspecified atom stereocenters. The molecule has 1 aromatic heterocycles. The number of aryl methyl sites for hydroxylation is 2. The Labute approximate surface area is 91.5 Å². The van der Waals surface area contributed by atoms with Crippen LogP contribution >= 0.6 is 0 Å². The summed E-state index contributed by atoms with van der Waals surface area (Å²) in [5.74, 6) is -1.33. The summed E-state index contributed by atoms with van der Waals surface area (Å²) in [6.07, 6.45) is 0. The minimum absolute atomic E-state index is 0.0643. The quantitative estimate of drug-likeness (QED) is 0.754. The zero-order chi connectivity index (χ0) is 11.9. The molecule has 0 atom stereocenters. The van der Waals surface area contributed by atoms with Gasteiger partial charge in [0.25, 0.3) is 0 Å². The van der Waals surface area contributed by atoms with Gasteiger partial charge >= 0.3 is 0 Å². The van der Waals surface area contributed by atoms with Gasteiger partial charge in [-0.15, -0.1) is 0 Å². The number of hydrogen-bond acceptors (Lipinski definition) is 3. The number of carbonyl (C=O) groups is 1. The Kier molecular flexibility index (Phi) is 2.27. The molecule has 0 fully saturated rings. The highest BCUT2D eigenvalue weighted by molar-refractivity contribution is 6.02. The Bertz CT molecular complexity index is 640. The predicted octanol–water partition coefficient (Wildman–Crippen LogP) is 0.508. The first-order chi connectivity index (χ1) is 7.49. The summed E-state index contributed by atoms with van der Waals surface area (Å²) >= 11 is 0.